The number of allylic oxidation sites excluding steroid dienone is 4. The zero-order valence-corrected chi connectivity index (χ0v) is 72.9. The molecule has 0 amide bonds. The Balaban J connectivity index is 0.882. The van der Waals surface area contributed by atoms with Crippen molar-refractivity contribution in [2.24, 2.45) is 0 Å². The molecule has 0 radical (unpaired) electrons. The molecule has 11 heteroatoms. The molecule has 17 rings (SSSR count). The van der Waals surface area contributed by atoms with Gasteiger partial charge in [-0.25, -0.2) is 24.7 Å². The molecule has 0 atom stereocenters. The predicted molar refractivity (Wildman–Crippen MR) is 496 cm³/mol. The molecule has 6 aromatic carbocycles. The Morgan fingerprint density at radius 3 is 1.32 bits per heavy atom. The first-order valence-electron chi connectivity index (χ1n) is 42.1. The zero-order valence-electron chi connectivity index (χ0n) is 72.9. The molecule has 4 N–H and O–H groups in total. The molecule has 0 unspecified atom stereocenters. The monoisotopic (exact) mass is 1550 g/mol. The Hall–Kier alpha value is -12.2. The van der Waals surface area contributed by atoms with Crippen LogP contribution in [0, 0.1) is 55.4 Å². The van der Waals surface area contributed by atoms with E-state index in [2.05, 4.69) is 330 Å². The number of esters is 1. The van der Waals surface area contributed by atoms with E-state index in [0.29, 0.717) is 17.1 Å². The third-order valence-electron chi connectivity index (χ3n) is 25.8. The van der Waals surface area contributed by atoms with Crippen molar-refractivity contribution >= 4 is 96.7 Å². The fraction of sp³-hybridized carbons (Fsp3) is 0.280. The molecule has 0 spiro atoms. The van der Waals surface area contributed by atoms with E-state index in [-0.39, 0.29) is 10.8 Å². The van der Waals surface area contributed by atoms with Crippen LogP contribution in [0.3, 0.4) is 0 Å². The number of methoxy groups -OCH3 is 1. The average molecular weight is 1550 g/mol. The smallest absolute Gasteiger partial charge is 0.341 e. The number of rotatable bonds is 11. The number of hydrogen-bond acceptors (Lipinski definition) is 7. The van der Waals surface area contributed by atoms with Crippen LogP contribution >= 0.6 is 0 Å². The van der Waals surface area contributed by atoms with Gasteiger partial charge in [0.1, 0.15) is 17.1 Å². The van der Waals surface area contributed by atoms with E-state index in [1.807, 2.05) is 6.07 Å². The van der Waals surface area contributed by atoms with Crippen LogP contribution in [0.25, 0.3) is 157 Å². The van der Waals surface area contributed by atoms with E-state index < -0.39 is 11.4 Å². The number of ether oxygens (including phenoxy) is 2. The summed E-state index contributed by atoms with van der Waals surface area (Å²) in [5.74, 6) is 0.702. The first-order valence-corrected chi connectivity index (χ1v) is 42.1. The Kier molecular flexibility index (Phi) is 19.3. The number of aryl methyl sites for hydroxylation is 10. The Bertz CT molecular complexity index is 6730. The number of nitrogens with zero attached hydrogens (tertiary/aromatic N) is 4. The molecule has 12 aromatic rings. The van der Waals surface area contributed by atoms with Crippen LogP contribution < -0.4 is 4.74 Å². The number of carbonyl (C=O) groups is 1. The van der Waals surface area contributed by atoms with E-state index in [1.54, 1.807) is 0 Å². The highest BCUT2D eigenvalue weighted by Crippen LogP contribution is 2.57. The van der Waals surface area contributed by atoms with Gasteiger partial charge in [0.05, 0.1) is 58.2 Å². The molecule has 5 aliphatic heterocycles. The van der Waals surface area contributed by atoms with E-state index in [1.165, 1.54) is 62.8 Å². The van der Waals surface area contributed by atoms with Crippen molar-refractivity contribution in [1.82, 2.24) is 39.9 Å². The number of hydrogen-bond donors (Lipinski definition) is 4. The minimum atomic E-state index is -0.654. The lowest BCUT2D eigenvalue weighted by Crippen LogP contribution is -2.28. The van der Waals surface area contributed by atoms with Crippen molar-refractivity contribution in [2.45, 2.75) is 194 Å². The van der Waals surface area contributed by atoms with Gasteiger partial charge in [-0.2, -0.15) is 0 Å². The lowest BCUT2D eigenvalue weighted by Gasteiger charge is -2.39. The molecule has 118 heavy (non-hydrogen) atoms. The first kappa shape index (κ1) is 78.3. The number of aromatic nitrogens is 8. The molecule has 0 saturated carbocycles. The Morgan fingerprint density at radius 2 is 0.814 bits per heavy atom. The second-order valence-corrected chi connectivity index (χ2v) is 36.0. The van der Waals surface area contributed by atoms with Gasteiger partial charge in [-0.15, -0.1) is 0 Å². The lowest BCUT2D eigenvalue weighted by atomic mass is 9.70. The topological polar surface area (TPSA) is 150 Å². The van der Waals surface area contributed by atoms with Crippen molar-refractivity contribution in [2.75, 3.05) is 7.11 Å². The van der Waals surface area contributed by atoms with Crippen LogP contribution in [-0.2, 0) is 33.8 Å². The predicted octanol–water partition coefficient (Wildman–Crippen LogP) is 28.4. The van der Waals surface area contributed by atoms with Crippen LogP contribution in [-0.4, -0.2) is 53.0 Å². The second-order valence-electron chi connectivity index (χ2n) is 36.0. The molecule has 0 fully saturated rings. The number of nitrogens with one attached hydrogen (secondary N) is 4. The molecule has 11 nitrogen and oxygen atoms in total. The molecule has 5 aliphatic rings. The van der Waals surface area contributed by atoms with Crippen molar-refractivity contribution in [3.8, 4) is 78.3 Å². The van der Waals surface area contributed by atoms with Gasteiger partial charge in [-0.3, -0.25) is 0 Å². The molecule has 6 aromatic heterocycles. The summed E-state index contributed by atoms with van der Waals surface area (Å²) in [6, 6.07) is 51.8. The third-order valence-corrected chi connectivity index (χ3v) is 25.8. The van der Waals surface area contributed by atoms with Crippen LogP contribution in [0.5, 0.6) is 11.5 Å². The SMILES string of the molecule is CCC1=C(C)c2cc3[nH]c(c(C)c3CC)c(-c3ccc(-c4ccc(-c5c6nc(c(-c7c(C)cc(C)cc7C)c7ccc([nH]7)c(-c7cc(C(C)(C)C)cc8c7Oc7c(C(=O)OC)cc(C(C)(C)C)cc7C8(C)C)c7nc(c(-c8c(C)cc(C)cc8C)c8ccc5[nH]8)C=C7)C=C6)cc4)cc3)c3nc(cc4[nH]c(cc1n2)c(CC)c4C)C(CC)=C3C. The maximum atomic E-state index is 14.3. The summed E-state index contributed by atoms with van der Waals surface area (Å²) in [4.78, 5) is 53.3. The van der Waals surface area contributed by atoms with Crippen LogP contribution in [0.4, 0.5) is 0 Å². The summed E-state index contributed by atoms with van der Waals surface area (Å²) in [6.07, 6.45) is 12.2. The van der Waals surface area contributed by atoms with Crippen molar-refractivity contribution in [3.63, 3.8) is 0 Å². The van der Waals surface area contributed by atoms with Gasteiger partial charge in [0.25, 0.3) is 0 Å². The quantitative estimate of drug-likeness (QED) is 0.0942. The molecule has 594 valence electrons. The number of fused-ring (bicyclic) bond motifs is 18. The molecule has 0 aliphatic carbocycles. The minimum Gasteiger partial charge on any atom is -0.465 e. The third kappa shape index (κ3) is 13.1. The lowest BCUT2D eigenvalue weighted by molar-refractivity contribution is 0.0597. The average Bonchev–Trinajstić information content (AvgIpc) is 0.989. The summed E-state index contributed by atoms with van der Waals surface area (Å²) in [5.41, 5.74) is 47.5. The van der Waals surface area contributed by atoms with E-state index >= 15 is 0 Å². The molecule has 0 saturated heterocycles. The van der Waals surface area contributed by atoms with Crippen molar-refractivity contribution < 1.29 is 14.3 Å². The largest absolute Gasteiger partial charge is 0.465 e. The summed E-state index contributed by atoms with van der Waals surface area (Å²) in [6.45, 7) is 49.1. The molecule has 16 bridgehead atoms. The standard InChI is InChI=1S/C107H108N8O3/c1-24-71-61(11)87-52-91-73(26-3)63(13)100(114-91)96(101-64(14)74(27-4)92(115-101)53-88-62(12)72(25-2)90(113-88)54-89(71)112-87)68-34-30-66(31-35-68)65-28-32-67(33-29-65)95-79-36-40-83(108-79)98(93-57(7)44-55(5)45-58(93)8)85-42-38-81(110-85)97(82-39-43-86(111-82)99(84-41-37-80(95)109-84)94-59(9)46-56(6)47-60(94)10)75-48-69(105(15,16)17)50-77-102(75)118-103-76(104(116)117-23)49-70(106(18,19)20)51-78(103)107(77,21)22/h28-54,108,111-112,115H,24-27H2,1-23H3. The van der Waals surface area contributed by atoms with Gasteiger partial charge in [-0.1, -0.05) is 179 Å². The van der Waals surface area contributed by atoms with Crippen LogP contribution in [0.15, 0.2) is 140 Å². The highest BCUT2D eigenvalue weighted by molar-refractivity contribution is 6.05. The zero-order chi connectivity index (χ0) is 83.4. The molecular weight excluding hydrogens is 1450 g/mol. The summed E-state index contributed by atoms with van der Waals surface area (Å²) in [7, 11) is 1.45. The number of benzene rings is 6. The van der Waals surface area contributed by atoms with Crippen molar-refractivity contribution in [3.05, 3.63) is 269 Å². The molecular formula is C107H108N8O3. The summed E-state index contributed by atoms with van der Waals surface area (Å²) in [5, 5.41) is 0. The summed E-state index contributed by atoms with van der Waals surface area (Å²) >= 11 is 0. The van der Waals surface area contributed by atoms with Crippen molar-refractivity contribution in [1.29, 1.82) is 0 Å². The van der Waals surface area contributed by atoms with Gasteiger partial charge in [0.2, 0.25) is 0 Å². The van der Waals surface area contributed by atoms with Crippen LogP contribution in [0.1, 0.15) is 244 Å². The highest BCUT2D eigenvalue weighted by atomic mass is 16.5. The van der Waals surface area contributed by atoms with Crippen LogP contribution in [0.2, 0.25) is 0 Å². The number of H-pyrrole nitrogens is 4. The Labute approximate surface area is 694 Å². The normalized spacial score (nSPS) is 13.7. The number of aromatic amines is 4. The summed E-state index contributed by atoms with van der Waals surface area (Å²) < 4.78 is 13.1. The molecule has 11 heterocycles. The Morgan fingerprint density at radius 1 is 0.398 bits per heavy atom. The van der Waals surface area contributed by atoms with Gasteiger partial charge >= 0.3 is 5.97 Å². The van der Waals surface area contributed by atoms with Gasteiger partial charge in [-0.05, 0) is 296 Å². The van der Waals surface area contributed by atoms with Gasteiger partial charge < -0.3 is 29.4 Å². The van der Waals surface area contributed by atoms with E-state index in [0.717, 1.165) is 227 Å². The highest BCUT2D eigenvalue weighted by Gasteiger charge is 2.42. The minimum absolute atomic E-state index is 0.281. The van der Waals surface area contributed by atoms with Gasteiger partial charge in [0.15, 0.2) is 0 Å². The first-order chi connectivity index (χ1) is 56.3. The number of carbonyl (C=O) groups excluding carboxylic acids is 1. The van der Waals surface area contributed by atoms with E-state index in [4.69, 9.17) is 29.4 Å². The maximum absolute atomic E-state index is 14.3. The van der Waals surface area contributed by atoms with Gasteiger partial charge in [0, 0.05) is 88.5 Å². The fourth-order valence-corrected chi connectivity index (χ4v) is 19.5. The van der Waals surface area contributed by atoms with E-state index in [9.17, 15) is 4.79 Å². The maximum Gasteiger partial charge on any atom is 0.341 e. The fourth-order valence-electron chi connectivity index (χ4n) is 19.5. The second kappa shape index (κ2) is 29.1.